The first kappa shape index (κ1) is 21.3. The van der Waals surface area contributed by atoms with Gasteiger partial charge in [0.1, 0.15) is 5.82 Å². The van der Waals surface area contributed by atoms with Crippen LogP contribution in [0.25, 0.3) is 0 Å². The molecule has 32 heavy (non-hydrogen) atoms. The lowest BCUT2D eigenvalue weighted by molar-refractivity contribution is -0.117. The molecule has 2 atom stereocenters. The number of benzene rings is 2. The smallest absolute Gasteiger partial charge is 0.291 e. The fourth-order valence-electron chi connectivity index (χ4n) is 3.31. The number of hydrogen-bond donors (Lipinski definition) is 3. The first-order valence-electron chi connectivity index (χ1n) is 10.2. The molecule has 1 aliphatic carbocycles. The first-order chi connectivity index (χ1) is 15.4. The predicted octanol–water partition coefficient (Wildman–Crippen LogP) is 4.20. The Hall–Kier alpha value is -3.94. The van der Waals surface area contributed by atoms with Crippen LogP contribution in [0.5, 0.6) is 0 Å². The van der Waals surface area contributed by atoms with Gasteiger partial charge >= 0.3 is 0 Å². The van der Waals surface area contributed by atoms with Gasteiger partial charge in [-0.1, -0.05) is 19.1 Å². The van der Waals surface area contributed by atoms with Gasteiger partial charge < -0.3 is 20.4 Å². The monoisotopic (exact) mass is 435 g/mol. The number of halogens is 1. The van der Waals surface area contributed by atoms with Crippen LogP contribution in [0, 0.1) is 17.7 Å². The zero-order valence-corrected chi connectivity index (χ0v) is 17.4. The van der Waals surface area contributed by atoms with E-state index in [1.807, 2.05) is 6.92 Å². The van der Waals surface area contributed by atoms with Gasteiger partial charge in [0.05, 0.1) is 17.5 Å². The number of anilines is 2. The van der Waals surface area contributed by atoms with Gasteiger partial charge in [0.2, 0.25) is 5.91 Å². The number of carbonyl (C=O) groups is 3. The van der Waals surface area contributed by atoms with Crippen molar-refractivity contribution in [2.45, 2.75) is 19.9 Å². The number of hydrogen-bond acceptors (Lipinski definition) is 4. The molecular formula is C24H22FN3O4. The molecule has 1 heterocycles. The highest BCUT2D eigenvalue weighted by atomic mass is 19.1. The van der Waals surface area contributed by atoms with Crippen molar-refractivity contribution in [1.82, 2.24) is 5.32 Å². The molecule has 0 bridgehead atoms. The molecule has 0 aliphatic heterocycles. The Labute approximate surface area is 184 Å². The Morgan fingerprint density at radius 2 is 1.78 bits per heavy atom. The fourth-order valence-corrected chi connectivity index (χ4v) is 3.31. The summed E-state index contributed by atoms with van der Waals surface area (Å²) in [6.45, 7) is 2.17. The molecule has 7 nitrogen and oxygen atoms in total. The van der Waals surface area contributed by atoms with E-state index in [0.717, 1.165) is 18.1 Å². The molecule has 1 fully saturated rings. The van der Waals surface area contributed by atoms with Gasteiger partial charge in [-0.2, -0.15) is 0 Å². The minimum absolute atomic E-state index is 0.0639. The summed E-state index contributed by atoms with van der Waals surface area (Å²) in [5.74, 6) is -1.14. The molecule has 8 heteroatoms. The van der Waals surface area contributed by atoms with Crippen LogP contribution >= 0.6 is 0 Å². The lowest BCUT2D eigenvalue weighted by atomic mass is 10.1. The number of rotatable bonds is 7. The van der Waals surface area contributed by atoms with Gasteiger partial charge in [-0.25, -0.2) is 4.39 Å². The van der Waals surface area contributed by atoms with E-state index in [-0.39, 0.29) is 41.3 Å². The van der Waals surface area contributed by atoms with E-state index in [9.17, 15) is 18.8 Å². The van der Waals surface area contributed by atoms with E-state index >= 15 is 0 Å². The second-order valence-electron chi connectivity index (χ2n) is 7.81. The Kier molecular flexibility index (Phi) is 6.02. The van der Waals surface area contributed by atoms with Crippen LogP contribution in [0.15, 0.2) is 65.3 Å². The topological polar surface area (TPSA) is 100 Å². The van der Waals surface area contributed by atoms with Gasteiger partial charge in [-0.05, 0) is 60.4 Å². The van der Waals surface area contributed by atoms with Crippen molar-refractivity contribution < 1.29 is 23.2 Å². The van der Waals surface area contributed by atoms with Crippen molar-refractivity contribution in [1.29, 1.82) is 0 Å². The van der Waals surface area contributed by atoms with Crippen LogP contribution in [-0.2, 0) is 11.3 Å². The molecule has 4 rings (SSSR count). The van der Waals surface area contributed by atoms with E-state index in [2.05, 4.69) is 16.0 Å². The van der Waals surface area contributed by atoms with Gasteiger partial charge in [0.25, 0.3) is 11.8 Å². The van der Waals surface area contributed by atoms with E-state index in [0.29, 0.717) is 11.6 Å². The second-order valence-corrected chi connectivity index (χ2v) is 7.81. The molecule has 0 saturated heterocycles. The standard InChI is InChI=1S/C24H22FN3O4/c1-14-11-18(14)23(30)28-20-9-6-16(25)12-19(20)22(29)26-13-15-4-7-17(8-5-15)27-24(31)21-3-2-10-32-21/h2-10,12,14,18H,11,13H2,1H3,(H,26,29)(H,27,31)(H,28,30). The molecule has 3 aromatic rings. The molecule has 0 spiro atoms. The Bertz CT molecular complexity index is 1140. The van der Waals surface area contributed by atoms with E-state index in [1.54, 1.807) is 36.4 Å². The Morgan fingerprint density at radius 3 is 2.44 bits per heavy atom. The zero-order valence-electron chi connectivity index (χ0n) is 17.4. The van der Waals surface area contributed by atoms with Gasteiger partial charge in [-0.3, -0.25) is 14.4 Å². The van der Waals surface area contributed by atoms with Crippen LogP contribution in [-0.4, -0.2) is 17.7 Å². The number of carbonyl (C=O) groups excluding carboxylic acids is 3. The number of furan rings is 1. The average molecular weight is 435 g/mol. The Balaban J connectivity index is 1.36. The van der Waals surface area contributed by atoms with Crippen LogP contribution < -0.4 is 16.0 Å². The Morgan fingerprint density at radius 1 is 1.03 bits per heavy atom. The lowest BCUT2D eigenvalue weighted by Crippen LogP contribution is -2.25. The van der Waals surface area contributed by atoms with Crippen molar-refractivity contribution in [3.05, 3.63) is 83.6 Å². The van der Waals surface area contributed by atoms with E-state index in [4.69, 9.17) is 4.42 Å². The summed E-state index contributed by atoms with van der Waals surface area (Å²) in [6.07, 6.45) is 2.23. The minimum Gasteiger partial charge on any atom is -0.459 e. The van der Waals surface area contributed by atoms with Gasteiger partial charge in [-0.15, -0.1) is 0 Å². The van der Waals surface area contributed by atoms with Gasteiger partial charge in [0.15, 0.2) is 5.76 Å². The van der Waals surface area contributed by atoms with Crippen LogP contribution in [0.1, 0.15) is 39.8 Å². The molecule has 3 N–H and O–H groups in total. The van der Waals surface area contributed by atoms with Crippen molar-refractivity contribution in [2.75, 3.05) is 10.6 Å². The normalized spacial score (nSPS) is 16.8. The van der Waals surface area contributed by atoms with Crippen LogP contribution in [0.4, 0.5) is 15.8 Å². The fraction of sp³-hybridized carbons (Fsp3) is 0.208. The largest absolute Gasteiger partial charge is 0.459 e. The summed E-state index contributed by atoms with van der Waals surface area (Å²) in [4.78, 5) is 36.9. The highest BCUT2D eigenvalue weighted by molar-refractivity contribution is 6.04. The second kappa shape index (κ2) is 9.05. The maximum Gasteiger partial charge on any atom is 0.291 e. The zero-order chi connectivity index (χ0) is 22.7. The molecule has 2 aromatic carbocycles. The minimum atomic E-state index is -0.565. The van der Waals surface area contributed by atoms with Gasteiger partial charge in [0, 0.05) is 18.2 Å². The highest BCUT2D eigenvalue weighted by Crippen LogP contribution is 2.38. The van der Waals surface area contributed by atoms with Crippen molar-refractivity contribution >= 4 is 29.1 Å². The van der Waals surface area contributed by atoms with Crippen molar-refractivity contribution in [3.63, 3.8) is 0 Å². The molecule has 1 aliphatic rings. The maximum atomic E-state index is 13.8. The summed E-state index contributed by atoms with van der Waals surface area (Å²) in [5.41, 5.74) is 1.70. The molecule has 2 unspecified atom stereocenters. The molecule has 164 valence electrons. The molecular weight excluding hydrogens is 413 g/mol. The molecule has 3 amide bonds. The summed E-state index contributed by atoms with van der Waals surface area (Å²) < 4.78 is 18.8. The van der Waals surface area contributed by atoms with E-state index in [1.165, 1.54) is 18.4 Å². The third-order valence-electron chi connectivity index (χ3n) is 5.34. The van der Waals surface area contributed by atoms with Crippen molar-refractivity contribution in [3.8, 4) is 0 Å². The maximum absolute atomic E-state index is 13.8. The summed E-state index contributed by atoms with van der Waals surface area (Å²) in [7, 11) is 0. The number of nitrogens with one attached hydrogen (secondary N) is 3. The molecule has 0 radical (unpaired) electrons. The first-order valence-corrected chi connectivity index (χ1v) is 10.2. The van der Waals surface area contributed by atoms with Crippen LogP contribution in [0.3, 0.4) is 0 Å². The molecule has 1 aromatic heterocycles. The quantitative estimate of drug-likeness (QED) is 0.518. The summed E-state index contributed by atoms with van der Waals surface area (Å²) in [5, 5.41) is 8.17. The average Bonchev–Trinajstić information content (AvgIpc) is 3.27. The SMILES string of the molecule is CC1CC1C(=O)Nc1ccc(F)cc1C(=O)NCc1ccc(NC(=O)c2ccco2)cc1. The van der Waals surface area contributed by atoms with E-state index < -0.39 is 11.7 Å². The van der Waals surface area contributed by atoms with Crippen molar-refractivity contribution in [2.24, 2.45) is 11.8 Å². The highest BCUT2D eigenvalue weighted by Gasteiger charge is 2.39. The van der Waals surface area contributed by atoms with Crippen LogP contribution in [0.2, 0.25) is 0 Å². The third-order valence-corrected chi connectivity index (χ3v) is 5.34. The summed E-state index contributed by atoms with van der Waals surface area (Å²) >= 11 is 0. The lowest BCUT2D eigenvalue weighted by Gasteiger charge is -2.12. The number of amides is 3. The molecule has 1 saturated carbocycles. The third kappa shape index (κ3) is 5.03. The predicted molar refractivity (Wildman–Crippen MR) is 117 cm³/mol. The summed E-state index contributed by atoms with van der Waals surface area (Å²) in [6, 6.07) is 13.8.